The highest BCUT2D eigenvalue weighted by atomic mass is 127. The maximum absolute atomic E-state index is 6.02. The van der Waals surface area contributed by atoms with Crippen molar-refractivity contribution in [2.24, 2.45) is 4.99 Å². The Kier molecular flexibility index (Phi) is 10.3. The molecule has 2 N–H and O–H groups in total. The van der Waals surface area contributed by atoms with Crippen molar-refractivity contribution in [3.63, 3.8) is 0 Å². The zero-order chi connectivity index (χ0) is 21.3. The molecule has 0 saturated carbocycles. The lowest BCUT2D eigenvalue weighted by molar-refractivity contribution is 0.371. The molecular formula is C21H28ClIN6O2. The minimum Gasteiger partial charge on any atom is -0.359 e. The predicted molar refractivity (Wildman–Crippen MR) is 132 cm³/mol. The van der Waals surface area contributed by atoms with E-state index in [4.69, 9.17) is 20.6 Å². The van der Waals surface area contributed by atoms with Gasteiger partial charge in [-0.25, -0.2) is 4.99 Å². The van der Waals surface area contributed by atoms with E-state index < -0.39 is 0 Å². The molecule has 0 aliphatic heterocycles. The number of nitrogens with zero attached hydrogens (tertiary/aromatic N) is 4. The second kappa shape index (κ2) is 12.7. The molecule has 0 radical (unpaired) electrons. The van der Waals surface area contributed by atoms with E-state index in [1.165, 1.54) is 0 Å². The predicted octanol–water partition coefficient (Wildman–Crippen LogP) is 5.15. The zero-order valence-electron chi connectivity index (χ0n) is 17.9. The number of aliphatic imine (C=N–C) groups is 1. The van der Waals surface area contributed by atoms with Gasteiger partial charge in [-0.05, 0) is 31.9 Å². The Labute approximate surface area is 204 Å². The number of nitrogens with one attached hydrogen (secondary N) is 2. The lowest BCUT2D eigenvalue weighted by Crippen LogP contribution is -2.36. The van der Waals surface area contributed by atoms with Gasteiger partial charge in [0, 0.05) is 29.1 Å². The molecule has 8 nitrogen and oxygen atoms in total. The van der Waals surface area contributed by atoms with Gasteiger partial charge in [0.05, 0.1) is 12.2 Å². The lowest BCUT2D eigenvalue weighted by Gasteiger charge is -2.08. The van der Waals surface area contributed by atoms with E-state index >= 15 is 0 Å². The van der Waals surface area contributed by atoms with Crippen molar-refractivity contribution in [2.45, 2.75) is 52.6 Å². The first kappa shape index (κ1) is 25.1. The molecule has 0 aliphatic rings. The minimum atomic E-state index is 0. The van der Waals surface area contributed by atoms with Crippen molar-refractivity contribution in [1.29, 1.82) is 0 Å². The molecule has 3 rings (SSSR count). The summed E-state index contributed by atoms with van der Waals surface area (Å²) in [5.74, 6) is 2.72. The van der Waals surface area contributed by atoms with Crippen LogP contribution in [-0.2, 0) is 13.1 Å². The molecule has 10 heteroatoms. The summed E-state index contributed by atoms with van der Waals surface area (Å²) in [6.45, 7) is 7.76. The fraction of sp³-hybridized carbons (Fsp3) is 0.429. The number of guanidine groups is 1. The summed E-state index contributed by atoms with van der Waals surface area (Å²) in [4.78, 5) is 8.96. The second-order valence-electron chi connectivity index (χ2n) is 6.80. The molecule has 3 aromatic rings. The third kappa shape index (κ3) is 7.20. The summed E-state index contributed by atoms with van der Waals surface area (Å²) < 4.78 is 10.8. The molecule has 31 heavy (non-hydrogen) atoms. The van der Waals surface area contributed by atoms with Gasteiger partial charge in [-0.3, -0.25) is 0 Å². The molecule has 2 aromatic heterocycles. The van der Waals surface area contributed by atoms with Crippen LogP contribution < -0.4 is 10.6 Å². The van der Waals surface area contributed by atoms with Gasteiger partial charge in [-0.15, -0.1) is 24.0 Å². The minimum absolute atomic E-state index is 0. The Morgan fingerprint density at radius 3 is 2.61 bits per heavy atom. The summed E-state index contributed by atoms with van der Waals surface area (Å²) in [6, 6.07) is 9.31. The van der Waals surface area contributed by atoms with Crippen molar-refractivity contribution in [1.82, 2.24) is 25.9 Å². The van der Waals surface area contributed by atoms with Gasteiger partial charge in [-0.2, -0.15) is 4.98 Å². The van der Waals surface area contributed by atoms with Gasteiger partial charge in [-0.1, -0.05) is 47.9 Å². The van der Waals surface area contributed by atoms with E-state index in [2.05, 4.69) is 44.8 Å². The van der Waals surface area contributed by atoms with Crippen LogP contribution in [0.2, 0.25) is 5.02 Å². The van der Waals surface area contributed by atoms with Crippen LogP contribution in [0.25, 0.3) is 11.4 Å². The lowest BCUT2D eigenvalue weighted by atomic mass is 9.99. The van der Waals surface area contributed by atoms with Gasteiger partial charge in [0.25, 0.3) is 0 Å². The fourth-order valence-corrected chi connectivity index (χ4v) is 3.22. The smallest absolute Gasteiger partial charge is 0.246 e. The Morgan fingerprint density at radius 2 is 1.90 bits per heavy atom. The summed E-state index contributed by atoms with van der Waals surface area (Å²) in [5.41, 5.74) is 1.79. The van der Waals surface area contributed by atoms with E-state index in [0.29, 0.717) is 41.7 Å². The van der Waals surface area contributed by atoms with Crippen molar-refractivity contribution >= 4 is 41.5 Å². The van der Waals surface area contributed by atoms with Crippen LogP contribution in [0.1, 0.15) is 56.9 Å². The summed E-state index contributed by atoms with van der Waals surface area (Å²) in [5, 5.41) is 15.2. The molecule has 0 saturated heterocycles. The molecule has 0 spiro atoms. The van der Waals surface area contributed by atoms with Crippen molar-refractivity contribution in [2.75, 3.05) is 6.54 Å². The molecule has 168 valence electrons. The van der Waals surface area contributed by atoms with Crippen LogP contribution in [0.15, 0.2) is 44.4 Å². The van der Waals surface area contributed by atoms with Gasteiger partial charge in [0.2, 0.25) is 11.7 Å². The highest BCUT2D eigenvalue weighted by Crippen LogP contribution is 2.22. The Bertz CT molecular complexity index is 970. The monoisotopic (exact) mass is 558 g/mol. The molecule has 2 heterocycles. The van der Waals surface area contributed by atoms with E-state index in [0.717, 1.165) is 36.4 Å². The Morgan fingerprint density at radius 1 is 1.10 bits per heavy atom. The highest BCUT2D eigenvalue weighted by Gasteiger charge is 2.13. The van der Waals surface area contributed by atoms with Gasteiger partial charge in [0.15, 0.2) is 11.7 Å². The third-order valence-electron chi connectivity index (χ3n) is 4.68. The summed E-state index contributed by atoms with van der Waals surface area (Å²) in [7, 11) is 0. The summed E-state index contributed by atoms with van der Waals surface area (Å²) >= 11 is 6.02. The molecule has 0 atom stereocenters. The van der Waals surface area contributed by atoms with Crippen molar-refractivity contribution < 1.29 is 9.05 Å². The standard InChI is InChI=1S/C21H27ClN6O2.HI/c1-4-14(5-2)18-11-17(29-27-18)12-24-21(23-6-3)25-13-19-26-20(28-30-19)15-8-7-9-16(22)10-15;/h7-11,14H,4-6,12-13H2,1-3H3,(H2,23,24,25);1H. The van der Waals surface area contributed by atoms with Crippen LogP contribution in [0.5, 0.6) is 0 Å². The molecular weight excluding hydrogens is 531 g/mol. The first-order valence-electron chi connectivity index (χ1n) is 10.2. The normalized spacial score (nSPS) is 11.5. The third-order valence-corrected chi connectivity index (χ3v) is 4.91. The second-order valence-corrected chi connectivity index (χ2v) is 7.24. The number of hydrogen-bond acceptors (Lipinski definition) is 6. The first-order valence-corrected chi connectivity index (χ1v) is 10.6. The molecule has 0 unspecified atom stereocenters. The number of aromatic nitrogens is 3. The molecule has 0 bridgehead atoms. The van der Waals surface area contributed by atoms with Gasteiger partial charge >= 0.3 is 0 Å². The average molecular weight is 559 g/mol. The first-order chi connectivity index (χ1) is 14.6. The zero-order valence-corrected chi connectivity index (χ0v) is 21.0. The molecule has 1 aromatic carbocycles. The van der Waals surface area contributed by atoms with Crippen LogP contribution in [0.4, 0.5) is 0 Å². The van der Waals surface area contributed by atoms with Gasteiger partial charge in [0.1, 0.15) is 6.54 Å². The number of rotatable bonds is 9. The number of hydrogen-bond donors (Lipinski definition) is 2. The quantitative estimate of drug-likeness (QED) is 0.213. The summed E-state index contributed by atoms with van der Waals surface area (Å²) in [6.07, 6.45) is 2.08. The molecule has 0 amide bonds. The maximum atomic E-state index is 6.02. The number of halogens is 2. The largest absolute Gasteiger partial charge is 0.359 e. The van der Waals surface area contributed by atoms with Crippen LogP contribution in [-0.4, -0.2) is 27.8 Å². The average Bonchev–Trinajstić information content (AvgIpc) is 3.41. The van der Waals surface area contributed by atoms with Crippen molar-refractivity contribution in [3.05, 3.63) is 52.7 Å². The van der Waals surface area contributed by atoms with E-state index in [9.17, 15) is 0 Å². The van der Waals surface area contributed by atoms with E-state index in [1.54, 1.807) is 12.1 Å². The van der Waals surface area contributed by atoms with E-state index in [-0.39, 0.29) is 24.0 Å². The molecule has 0 aliphatic carbocycles. The van der Waals surface area contributed by atoms with Crippen LogP contribution in [0, 0.1) is 0 Å². The number of benzene rings is 1. The maximum Gasteiger partial charge on any atom is 0.246 e. The molecule has 0 fully saturated rings. The SMILES string of the molecule is CCNC(=NCc1cc(C(CC)CC)no1)NCc1nc(-c2cccc(Cl)c2)no1.I. The highest BCUT2D eigenvalue weighted by molar-refractivity contribution is 14.0. The van der Waals surface area contributed by atoms with Gasteiger partial charge < -0.3 is 19.7 Å². The topological polar surface area (TPSA) is 101 Å². The van der Waals surface area contributed by atoms with E-state index in [1.807, 2.05) is 25.1 Å². The van der Waals surface area contributed by atoms with Crippen LogP contribution >= 0.6 is 35.6 Å². The van der Waals surface area contributed by atoms with Crippen molar-refractivity contribution in [3.8, 4) is 11.4 Å². The Balaban J connectivity index is 0.00000341. The van der Waals surface area contributed by atoms with Crippen LogP contribution in [0.3, 0.4) is 0 Å². The Hall–Kier alpha value is -2.14. The fourth-order valence-electron chi connectivity index (χ4n) is 3.03.